The van der Waals surface area contributed by atoms with E-state index >= 15 is 0 Å². The highest BCUT2D eigenvalue weighted by Gasteiger charge is 2.07. The SMILES string of the molecule is CCCNc1ncc(F)c(OCCCOCCOC)n1. The Kier molecular flexibility index (Phi) is 8.57. The summed E-state index contributed by atoms with van der Waals surface area (Å²) in [5.74, 6) is -0.220. The van der Waals surface area contributed by atoms with Crippen LogP contribution in [0.3, 0.4) is 0 Å². The van der Waals surface area contributed by atoms with Gasteiger partial charge in [-0.15, -0.1) is 0 Å². The average molecular weight is 287 g/mol. The summed E-state index contributed by atoms with van der Waals surface area (Å²) in [6.07, 6.45) is 2.70. The van der Waals surface area contributed by atoms with Crippen molar-refractivity contribution in [1.82, 2.24) is 9.97 Å². The van der Waals surface area contributed by atoms with Gasteiger partial charge in [-0.3, -0.25) is 0 Å². The van der Waals surface area contributed by atoms with Crippen molar-refractivity contribution < 1.29 is 18.6 Å². The van der Waals surface area contributed by atoms with Gasteiger partial charge >= 0.3 is 0 Å². The number of aromatic nitrogens is 2. The van der Waals surface area contributed by atoms with Crippen molar-refractivity contribution in [3.05, 3.63) is 12.0 Å². The van der Waals surface area contributed by atoms with Crippen LogP contribution in [-0.4, -0.2) is 50.1 Å². The molecule has 6 nitrogen and oxygen atoms in total. The molecule has 114 valence electrons. The zero-order valence-electron chi connectivity index (χ0n) is 12.0. The molecule has 0 amide bonds. The third-order valence-corrected chi connectivity index (χ3v) is 2.35. The molecule has 0 aromatic carbocycles. The monoisotopic (exact) mass is 287 g/mol. The van der Waals surface area contributed by atoms with Crippen LogP contribution >= 0.6 is 0 Å². The van der Waals surface area contributed by atoms with Crippen LogP contribution in [0.4, 0.5) is 10.3 Å². The molecule has 0 aliphatic carbocycles. The molecule has 0 fully saturated rings. The lowest BCUT2D eigenvalue weighted by atomic mass is 10.5. The van der Waals surface area contributed by atoms with E-state index in [0.717, 1.165) is 19.2 Å². The molecule has 1 aromatic heterocycles. The van der Waals surface area contributed by atoms with Crippen molar-refractivity contribution in [2.45, 2.75) is 19.8 Å². The summed E-state index contributed by atoms with van der Waals surface area (Å²) >= 11 is 0. The van der Waals surface area contributed by atoms with Crippen LogP contribution in [0.1, 0.15) is 19.8 Å². The van der Waals surface area contributed by atoms with Gasteiger partial charge in [0.2, 0.25) is 11.8 Å². The van der Waals surface area contributed by atoms with Gasteiger partial charge in [0, 0.05) is 26.7 Å². The predicted octanol–water partition coefficient (Wildman–Crippen LogP) is 1.87. The van der Waals surface area contributed by atoms with Crippen LogP contribution in [-0.2, 0) is 9.47 Å². The fourth-order valence-corrected chi connectivity index (χ4v) is 1.35. The Balaban J connectivity index is 2.27. The molecule has 0 saturated carbocycles. The Labute approximate surface area is 118 Å². The van der Waals surface area contributed by atoms with Gasteiger partial charge in [-0.05, 0) is 6.42 Å². The average Bonchev–Trinajstić information content (AvgIpc) is 2.46. The van der Waals surface area contributed by atoms with Gasteiger partial charge in [-0.2, -0.15) is 9.37 Å². The third-order valence-electron chi connectivity index (χ3n) is 2.35. The van der Waals surface area contributed by atoms with Crippen LogP contribution < -0.4 is 10.1 Å². The molecule has 0 aliphatic heterocycles. The number of anilines is 1. The molecule has 0 bridgehead atoms. The summed E-state index contributed by atoms with van der Waals surface area (Å²) in [7, 11) is 1.62. The Morgan fingerprint density at radius 2 is 2.10 bits per heavy atom. The van der Waals surface area contributed by atoms with Crippen molar-refractivity contribution in [1.29, 1.82) is 0 Å². The van der Waals surface area contributed by atoms with E-state index < -0.39 is 5.82 Å². The van der Waals surface area contributed by atoms with Gasteiger partial charge in [0.15, 0.2) is 0 Å². The first kappa shape index (κ1) is 16.6. The quantitative estimate of drug-likeness (QED) is 0.627. The minimum atomic E-state index is -0.563. The van der Waals surface area contributed by atoms with Gasteiger partial charge in [-0.25, -0.2) is 4.98 Å². The molecular weight excluding hydrogens is 265 g/mol. The van der Waals surface area contributed by atoms with E-state index in [1.807, 2.05) is 6.92 Å². The molecule has 0 atom stereocenters. The highest BCUT2D eigenvalue weighted by molar-refractivity contribution is 5.28. The van der Waals surface area contributed by atoms with Crippen LogP contribution in [0.25, 0.3) is 0 Å². The summed E-state index contributed by atoms with van der Waals surface area (Å²) in [5.41, 5.74) is 0. The van der Waals surface area contributed by atoms with E-state index in [1.54, 1.807) is 7.11 Å². The fraction of sp³-hybridized carbons (Fsp3) is 0.692. The first-order valence-electron chi connectivity index (χ1n) is 6.73. The van der Waals surface area contributed by atoms with Crippen molar-refractivity contribution >= 4 is 5.95 Å². The first-order chi connectivity index (χ1) is 9.77. The van der Waals surface area contributed by atoms with Gasteiger partial charge < -0.3 is 19.5 Å². The zero-order chi connectivity index (χ0) is 14.6. The summed E-state index contributed by atoms with van der Waals surface area (Å²) < 4.78 is 28.9. The highest BCUT2D eigenvalue weighted by Crippen LogP contribution is 2.14. The normalized spacial score (nSPS) is 10.6. The Bertz CT molecular complexity index is 380. The summed E-state index contributed by atoms with van der Waals surface area (Å²) in [4.78, 5) is 7.82. The largest absolute Gasteiger partial charge is 0.475 e. The first-order valence-corrected chi connectivity index (χ1v) is 6.73. The third kappa shape index (κ3) is 6.63. The molecule has 20 heavy (non-hydrogen) atoms. The smallest absolute Gasteiger partial charge is 0.255 e. The van der Waals surface area contributed by atoms with E-state index in [1.165, 1.54) is 0 Å². The van der Waals surface area contributed by atoms with Crippen molar-refractivity contribution in [2.24, 2.45) is 0 Å². The molecule has 0 radical (unpaired) electrons. The van der Waals surface area contributed by atoms with Gasteiger partial charge in [0.25, 0.3) is 5.88 Å². The van der Waals surface area contributed by atoms with Crippen LogP contribution in [0, 0.1) is 5.82 Å². The van der Waals surface area contributed by atoms with E-state index in [0.29, 0.717) is 38.8 Å². The minimum Gasteiger partial charge on any atom is -0.475 e. The predicted molar refractivity (Wildman–Crippen MR) is 73.6 cm³/mol. The number of nitrogens with zero attached hydrogens (tertiary/aromatic N) is 2. The molecule has 1 heterocycles. The lowest BCUT2D eigenvalue weighted by Gasteiger charge is -2.08. The number of ether oxygens (including phenoxy) is 3. The summed E-state index contributed by atoms with van der Waals surface area (Å²) in [5, 5.41) is 2.98. The summed E-state index contributed by atoms with van der Waals surface area (Å²) in [6.45, 7) is 4.75. The second-order valence-corrected chi connectivity index (χ2v) is 4.08. The Morgan fingerprint density at radius 1 is 1.25 bits per heavy atom. The second-order valence-electron chi connectivity index (χ2n) is 4.08. The van der Waals surface area contributed by atoms with Crippen molar-refractivity contribution in [3.8, 4) is 5.88 Å². The maximum absolute atomic E-state index is 13.4. The molecule has 1 aromatic rings. The maximum atomic E-state index is 13.4. The topological polar surface area (TPSA) is 65.5 Å². The zero-order valence-corrected chi connectivity index (χ0v) is 12.0. The minimum absolute atomic E-state index is 0.0319. The molecule has 7 heteroatoms. The van der Waals surface area contributed by atoms with Gasteiger partial charge in [0.05, 0.1) is 26.0 Å². The van der Waals surface area contributed by atoms with Crippen molar-refractivity contribution in [2.75, 3.05) is 45.4 Å². The van der Waals surface area contributed by atoms with Crippen LogP contribution in [0.15, 0.2) is 6.20 Å². The fourth-order valence-electron chi connectivity index (χ4n) is 1.35. The second kappa shape index (κ2) is 10.3. The molecule has 1 N–H and O–H groups in total. The number of rotatable bonds is 11. The van der Waals surface area contributed by atoms with Crippen LogP contribution in [0.5, 0.6) is 5.88 Å². The van der Waals surface area contributed by atoms with E-state index in [-0.39, 0.29) is 5.88 Å². The van der Waals surface area contributed by atoms with Gasteiger partial charge in [-0.1, -0.05) is 6.92 Å². The highest BCUT2D eigenvalue weighted by atomic mass is 19.1. The lowest BCUT2D eigenvalue weighted by molar-refractivity contribution is 0.0639. The van der Waals surface area contributed by atoms with Gasteiger partial charge in [0.1, 0.15) is 0 Å². The van der Waals surface area contributed by atoms with E-state index in [9.17, 15) is 4.39 Å². The summed E-state index contributed by atoms with van der Waals surface area (Å²) in [6, 6.07) is 0. The number of hydrogen-bond acceptors (Lipinski definition) is 6. The number of hydrogen-bond donors (Lipinski definition) is 1. The standard InChI is InChI=1S/C13H22FN3O3/c1-3-5-15-13-16-10-11(14)12(17-13)20-7-4-6-19-9-8-18-2/h10H,3-9H2,1-2H3,(H,15,16,17). The molecule has 0 saturated heterocycles. The maximum Gasteiger partial charge on any atom is 0.255 e. The number of halogens is 1. The Morgan fingerprint density at radius 3 is 2.85 bits per heavy atom. The molecular formula is C13H22FN3O3. The molecule has 1 rings (SSSR count). The van der Waals surface area contributed by atoms with Crippen molar-refractivity contribution in [3.63, 3.8) is 0 Å². The molecule has 0 spiro atoms. The molecule has 0 aliphatic rings. The number of nitrogens with one attached hydrogen (secondary N) is 1. The molecule has 0 unspecified atom stereocenters. The van der Waals surface area contributed by atoms with E-state index in [4.69, 9.17) is 14.2 Å². The van der Waals surface area contributed by atoms with Crippen LogP contribution in [0.2, 0.25) is 0 Å². The Hall–Kier alpha value is -1.47. The number of methoxy groups -OCH3 is 1. The van der Waals surface area contributed by atoms with E-state index in [2.05, 4.69) is 15.3 Å². The lowest BCUT2D eigenvalue weighted by Crippen LogP contribution is -2.10.